The zero-order valence-corrected chi connectivity index (χ0v) is 12.1. The van der Waals surface area contributed by atoms with E-state index in [4.69, 9.17) is 0 Å². The van der Waals surface area contributed by atoms with E-state index in [1.54, 1.807) is 0 Å². The van der Waals surface area contributed by atoms with E-state index in [2.05, 4.69) is 6.92 Å². The van der Waals surface area contributed by atoms with E-state index in [0.717, 1.165) is 24.8 Å². The normalized spacial score (nSPS) is 28.0. The molecule has 3 atom stereocenters. The van der Waals surface area contributed by atoms with E-state index >= 15 is 0 Å². The van der Waals surface area contributed by atoms with Crippen LogP contribution in [0.2, 0.25) is 0 Å². The van der Waals surface area contributed by atoms with Gasteiger partial charge < -0.3 is 10.2 Å². The molecule has 2 rings (SSSR count). The summed E-state index contributed by atoms with van der Waals surface area (Å²) in [6.07, 6.45) is 4.10. The first kappa shape index (κ1) is 15.0. The molecule has 0 saturated heterocycles. The molecule has 0 heterocycles. The van der Waals surface area contributed by atoms with Crippen molar-refractivity contribution >= 4 is 5.97 Å². The number of hydrogen-bond donors (Lipinski definition) is 2. The third-order valence-corrected chi connectivity index (χ3v) is 4.75. The van der Waals surface area contributed by atoms with E-state index in [9.17, 15) is 15.0 Å². The number of aliphatic hydroxyl groups excluding tert-OH is 1. The van der Waals surface area contributed by atoms with Crippen molar-refractivity contribution < 1.29 is 15.0 Å². The summed E-state index contributed by atoms with van der Waals surface area (Å²) in [7, 11) is 0. The number of rotatable bonds is 5. The first-order chi connectivity index (χ1) is 9.57. The van der Waals surface area contributed by atoms with E-state index in [0.29, 0.717) is 25.2 Å². The molecule has 1 fully saturated rings. The molecular formula is C17H24O3. The monoisotopic (exact) mass is 276 g/mol. The number of benzene rings is 1. The standard InChI is InChI=1S/C17H24O3/c1-2-13-7-6-10-17(11-13,16(19)20)12-15(18)14-8-4-3-5-9-14/h3-5,8-9,13,15,18H,2,6-7,10-12H2,1H3,(H,19,20). The highest BCUT2D eigenvalue weighted by molar-refractivity contribution is 5.74. The molecule has 1 aromatic rings. The predicted molar refractivity (Wildman–Crippen MR) is 78.3 cm³/mol. The van der Waals surface area contributed by atoms with Crippen molar-refractivity contribution in [2.24, 2.45) is 11.3 Å². The summed E-state index contributed by atoms with van der Waals surface area (Å²) in [5, 5.41) is 20.1. The molecule has 20 heavy (non-hydrogen) atoms. The lowest BCUT2D eigenvalue weighted by Crippen LogP contribution is -2.37. The summed E-state index contributed by atoms with van der Waals surface area (Å²) in [6, 6.07) is 9.38. The highest BCUT2D eigenvalue weighted by Gasteiger charge is 2.43. The van der Waals surface area contributed by atoms with Crippen molar-refractivity contribution in [3.05, 3.63) is 35.9 Å². The Morgan fingerprint density at radius 3 is 2.70 bits per heavy atom. The quantitative estimate of drug-likeness (QED) is 0.860. The van der Waals surface area contributed by atoms with Crippen LogP contribution in [-0.2, 0) is 4.79 Å². The third-order valence-electron chi connectivity index (χ3n) is 4.75. The molecular weight excluding hydrogens is 252 g/mol. The van der Waals surface area contributed by atoms with E-state index in [1.807, 2.05) is 30.3 Å². The van der Waals surface area contributed by atoms with Crippen molar-refractivity contribution in [2.75, 3.05) is 0 Å². The van der Waals surface area contributed by atoms with Crippen molar-refractivity contribution in [3.8, 4) is 0 Å². The van der Waals surface area contributed by atoms with Crippen molar-refractivity contribution in [3.63, 3.8) is 0 Å². The first-order valence-corrected chi connectivity index (χ1v) is 7.54. The molecule has 2 N–H and O–H groups in total. The molecule has 110 valence electrons. The Balaban J connectivity index is 2.15. The lowest BCUT2D eigenvalue weighted by atomic mass is 9.66. The minimum atomic E-state index is -0.756. The smallest absolute Gasteiger partial charge is 0.309 e. The zero-order chi connectivity index (χ0) is 14.6. The molecule has 0 aromatic heterocycles. The fourth-order valence-electron chi connectivity index (χ4n) is 3.46. The molecule has 0 radical (unpaired) electrons. The lowest BCUT2D eigenvalue weighted by molar-refractivity contribution is -0.155. The largest absolute Gasteiger partial charge is 0.481 e. The average Bonchev–Trinajstić information content (AvgIpc) is 2.48. The van der Waals surface area contributed by atoms with Gasteiger partial charge in [-0.25, -0.2) is 0 Å². The van der Waals surface area contributed by atoms with Crippen LogP contribution >= 0.6 is 0 Å². The van der Waals surface area contributed by atoms with Gasteiger partial charge in [-0.1, -0.05) is 56.5 Å². The Morgan fingerprint density at radius 2 is 2.10 bits per heavy atom. The Kier molecular flexibility index (Phi) is 4.81. The van der Waals surface area contributed by atoms with Crippen LogP contribution in [0.5, 0.6) is 0 Å². The number of carboxylic acids is 1. The van der Waals surface area contributed by atoms with Gasteiger partial charge in [0.05, 0.1) is 11.5 Å². The molecule has 0 bridgehead atoms. The van der Waals surface area contributed by atoms with Gasteiger partial charge in [-0.3, -0.25) is 4.79 Å². The van der Waals surface area contributed by atoms with Gasteiger partial charge in [0.15, 0.2) is 0 Å². The molecule has 1 saturated carbocycles. The highest BCUT2D eigenvalue weighted by Crippen LogP contribution is 2.46. The Morgan fingerprint density at radius 1 is 1.40 bits per heavy atom. The van der Waals surface area contributed by atoms with Gasteiger partial charge in [0, 0.05) is 0 Å². The van der Waals surface area contributed by atoms with Crippen LogP contribution in [-0.4, -0.2) is 16.2 Å². The maximum Gasteiger partial charge on any atom is 0.309 e. The van der Waals surface area contributed by atoms with Crippen LogP contribution < -0.4 is 0 Å². The van der Waals surface area contributed by atoms with Gasteiger partial charge in [-0.05, 0) is 30.7 Å². The summed E-state index contributed by atoms with van der Waals surface area (Å²) in [5.41, 5.74) is 0.0560. The van der Waals surface area contributed by atoms with Crippen LogP contribution in [0.15, 0.2) is 30.3 Å². The third kappa shape index (κ3) is 3.21. The van der Waals surface area contributed by atoms with Gasteiger partial charge in [0.1, 0.15) is 0 Å². The average molecular weight is 276 g/mol. The molecule has 3 heteroatoms. The van der Waals surface area contributed by atoms with Crippen LogP contribution in [0.4, 0.5) is 0 Å². The van der Waals surface area contributed by atoms with E-state index in [-0.39, 0.29) is 0 Å². The summed E-state index contributed by atoms with van der Waals surface area (Å²) in [5.74, 6) is -0.270. The minimum Gasteiger partial charge on any atom is -0.481 e. The van der Waals surface area contributed by atoms with Crippen molar-refractivity contribution in [1.82, 2.24) is 0 Å². The minimum absolute atomic E-state index is 0.322. The Labute approximate surface area is 120 Å². The van der Waals surface area contributed by atoms with Crippen LogP contribution in [0.3, 0.4) is 0 Å². The molecule has 3 nitrogen and oxygen atoms in total. The molecule has 0 spiro atoms. The molecule has 0 aliphatic heterocycles. The van der Waals surface area contributed by atoms with Gasteiger partial charge >= 0.3 is 5.97 Å². The second-order valence-corrected chi connectivity index (χ2v) is 6.09. The number of aliphatic carboxylic acids is 1. The fourth-order valence-corrected chi connectivity index (χ4v) is 3.46. The molecule has 1 aliphatic rings. The topological polar surface area (TPSA) is 57.5 Å². The first-order valence-electron chi connectivity index (χ1n) is 7.54. The van der Waals surface area contributed by atoms with Gasteiger partial charge in [0.25, 0.3) is 0 Å². The van der Waals surface area contributed by atoms with Crippen LogP contribution in [0, 0.1) is 11.3 Å². The summed E-state index contributed by atoms with van der Waals surface area (Å²) < 4.78 is 0. The highest BCUT2D eigenvalue weighted by atomic mass is 16.4. The van der Waals surface area contributed by atoms with Crippen molar-refractivity contribution in [2.45, 2.75) is 51.6 Å². The maximum absolute atomic E-state index is 11.8. The van der Waals surface area contributed by atoms with E-state index < -0.39 is 17.5 Å². The molecule has 1 aliphatic carbocycles. The van der Waals surface area contributed by atoms with Crippen LogP contribution in [0.1, 0.15) is 57.1 Å². The van der Waals surface area contributed by atoms with Gasteiger partial charge in [-0.2, -0.15) is 0 Å². The maximum atomic E-state index is 11.8. The SMILES string of the molecule is CCC1CCCC(CC(O)c2ccccc2)(C(=O)O)C1. The number of aliphatic hydroxyl groups is 1. The summed E-state index contributed by atoms with van der Waals surface area (Å²) in [6.45, 7) is 2.12. The number of carbonyl (C=O) groups is 1. The Hall–Kier alpha value is -1.35. The number of carboxylic acid groups (broad SMARTS) is 1. The van der Waals surface area contributed by atoms with Crippen molar-refractivity contribution in [1.29, 1.82) is 0 Å². The predicted octanol–water partition coefficient (Wildman–Crippen LogP) is 3.78. The summed E-state index contributed by atoms with van der Waals surface area (Å²) >= 11 is 0. The van der Waals surface area contributed by atoms with Gasteiger partial charge in [-0.15, -0.1) is 0 Å². The summed E-state index contributed by atoms with van der Waals surface area (Å²) in [4.78, 5) is 11.8. The van der Waals surface area contributed by atoms with E-state index in [1.165, 1.54) is 0 Å². The van der Waals surface area contributed by atoms with Gasteiger partial charge in [0.2, 0.25) is 0 Å². The number of hydrogen-bond acceptors (Lipinski definition) is 2. The lowest BCUT2D eigenvalue weighted by Gasteiger charge is -2.38. The second-order valence-electron chi connectivity index (χ2n) is 6.09. The second kappa shape index (κ2) is 6.40. The van der Waals surface area contributed by atoms with Crippen LogP contribution in [0.25, 0.3) is 0 Å². The molecule has 1 aromatic carbocycles. The molecule has 0 amide bonds. The zero-order valence-electron chi connectivity index (χ0n) is 12.1. The Bertz CT molecular complexity index is 443. The molecule has 3 unspecified atom stereocenters. The fraction of sp³-hybridized carbons (Fsp3) is 0.588.